The van der Waals surface area contributed by atoms with Crippen molar-refractivity contribution < 1.29 is 9.84 Å². The molecule has 0 saturated carbocycles. The van der Waals surface area contributed by atoms with E-state index in [4.69, 9.17) is 4.74 Å². The summed E-state index contributed by atoms with van der Waals surface area (Å²) in [4.78, 5) is 4.21. The van der Waals surface area contributed by atoms with Crippen LogP contribution in [0.25, 0.3) is 0 Å². The molecule has 0 aliphatic rings. The monoisotopic (exact) mass is 246 g/mol. The SMILES string of the molecule is COC(c1ccccc1)C(O)Cc1nccn1C. The standard InChI is InChI=1S/C14H18N2O2/c1-16-9-8-15-13(16)10-12(17)14(18-2)11-6-4-3-5-7-11/h3-9,12,14,17H,10H2,1-2H3. The maximum Gasteiger partial charge on any atom is 0.111 e. The van der Waals surface area contributed by atoms with E-state index >= 15 is 0 Å². The van der Waals surface area contributed by atoms with Crippen molar-refractivity contribution in [2.75, 3.05) is 7.11 Å². The molecule has 0 spiro atoms. The molecule has 18 heavy (non-hydrogen) atoms. The minimum atomic E-state index is -0.613. The van der Waals surface area contributed by atoms with Crippen molar-refractivity contribution >= 4 is 0 Å². The van der Waals surface area contributed by atoms with Crippen LogP contribution in [0.3, 0.4) is 0 Å². The van der Waals surface area contributed by atoms with Gasteiger partial charge in [0.2, 0.25) is 0 Å². The van der Waals surface area contributed by atoms with Gasteiger partial charge in [-0.25, -0.2) is 4.98 Å². The van der Waals surface area contributed by atoms with Gasteiger partial charge in [0.25, 0.3) is 0 Å². The van der Waals surface area contributed by atoms with E-state index in [1.54, 1.807) is 13.3 Å². The fourth-order valence-electron chi connectivity index (χ4n) is 2.05. The molecular formula is C14H18N2O2. The van der Waals surface area contributed by atoms with Crippen LogP contribution in [0.15, 0.2) is 42.7 Å². The summed E-state index contributed by atoms with van der Waals surface area (Å²) in [6.45, 7) is 0. The Bertz CT molecular complexity index is 482. The molecular weight excluding hydrogens is 228 g/mol. The van der Waals surface area contributed by atoms with Gasteiger partial charge in [0, 0.05) is 33.0 Å². The molecule has 0 saturated heterocycles. The second-order valence-electron chi connectivity index (χ2n) is 4.29. The van der Waals surface area contributed by atoms with Crippen LogP contribution in [0.1, 0.15) is 17.5 Å². The fraction of sp³-hybridized carbons (Fsp3) is 0.357. The zero-order valence-corrected chi connectivity index (χ0v) is 10.7. The number of aliphatic hydroxyl groups excluding tert-OH is 1. The van der Waals surface area contributed by atoms with Gasteiger partial charge in [0.05, 0.1) is 6.10 Å². The fourth-order valence-corrected chi connectivity index (χ4v) is 2.05. The number of ether oxygens (including phenoxy) is 1. The topological polar surface area (TPSA) is 47.3 Å². The Balaban J connectivity index is 2.11. The van der Waals surface area contributed by atoms with Gasteiger partial charge < -0.3 is 14.4 Å². The Morgan fingerprint density at radius 3 is 2.61 bits per heavy atom. The smallest absolute Gasteiger partial charge is 0.111 e. The van der Waals surface area contributed by atoms with Crippen molar-refractivity contribution in [1.82, 2.24) is 9.55 Å². The summed E-state index contributed by atoms with van der Waals surface area (Å²) < 4.78 is 7.30. The van der Waals surface area contributed by atoms with E-state index in [0.29, 0.717) is 6.42 Å². The highest BCUT2D eigenvalue weighted by Crippen LogP contribution is 2.22. The Kier molecular flexibility index (Phi) is 4.12. The predicted octanol–water partition coefficient (Wildman–Crippen LogP) is 1.71. The number of hydrogen-bond acceptors (Lipinski definition) is 3. The molecule has 1 N–H and O–H groups in total. The third-order valence-corrected chi connectivity index (χ3v) is 3.04. The molecule has 1 aromatic carbocycles. The average Bonchev–Trinajstić information content (AvgIpc) is 2.77. The highest BCUT2D eigenvalue weighted by Gasteiger charge is 2.22. The number of benzene rings is 1. The van der Waals surface area contributed by atoms with Crippen LogP contribution < -0.4 is 0 Å². The van der Waals surface area contributed by atoms with Crippen molar-refractivity contribution in [2.24, 2.45) is 7.05 Å². The van der Waals surface area contributed by atoms with Gasteiger partial charge in [-0.2, -0.15) is 0 Å². The number of imidazole rings is 1. The van der Waals surface area contributed by atoms with E-state index in [2.05, 4.69) is 4.98 Å². The van der Waals surface area contributed by atoms with Gasteiger partial charge in [-0.1, -0.05) is 30.3 Å². The second-order valence-corrected chi connectivity index (χ2v) is 4.29. The molecule has 2 unspecified atom stereocenters. The van der Waals surface area contributed by atoms with Gasteiger partial charge in [-0.05, 0) is 5.56 Å². The van der Waals surface area contributed by atoms with E-state index in [9.17, 15) is 5.11 Å². The molecule has 4 heteroatoms. The molecule has 2 atom stereocenters. The summed E-state index contributed by atoms with van der Waals surface area (Å²) in [5.74, 6) is 0.848. The molecule has 1 heterocycles. The molecule has 0 radical (unpaired) electrons. The second kappa shape index (κ2) is 5.80. The van der Waals surface area contributed by atoms with Crippen LogP contribution in [0.4, 0.5) is 0 Å². The first-order chi connectivity index (χ1) is 8.72. The molecule has 0 aliphatic carbocycles. The molecule has 0 amide bonds. The van der Waals surface area contributed by atoms with Crippen LogP contribution in [0.5, 0.6) is 0 Å². The number of aliphatic hydroxyl groups is 1. The number of hydrogen-bond donors (Lipinski definition) is 1. The van der Waals surface area contributed by atoms with E-state index in [1.165, 1.54) is 0 Å². The molecule has 2 rings (SSSR count). The van der Waals surface area contributed by atoms with E-state index in [0.717, 1.165) is 11.4 Å². The maximum atomic E-state index is 10.3. The number of nitrogens with zero attached hydrogens (tertiary/aromatic N) is 2. The van der Waals surface area contributed by atoms with Crippen LogP contribution in [-0.2, 0) is 18.2 Å². The van der Waals surface area contributed by atoms with Crippen LogP contribution in [-0.4, -0.2) is 27.9 Å². The van der Waals surface area contributed by atoms with Crippen molar-refractivity contribution in [3.63, 3.8) is 0 Å². The Morgan fingerprint density at radius 2 is 2.06 bits per heavy atom. The number of rotatable bonds is 5. The third kappa shape index (κ3) is 2.78. The van der Waals surface area contributed by atoms with E-state index in [1.807, 2.05) is 48.1 Å². The predicted molar refractivity (Wildman–Crippen MR) is 69.1 cm³/mol. The zero-order chi connectivity index (χ0) is 13.0. The maximum absolute atomic E-state index is 10.3. The Labute approximate surface area is 107 Å². The van der Waals surface area contributed by atoms with E-state index in [-0.39, 0.29) is 6.10 Å². The van der Waals surface area contributed by atoms with Gasteiger partial charge in [0.1, 0.15) is 11.9 Å². The van der Waals surface area contributed by atoms with Crippen LogP contribution in [0.2, 0.25) is 0 Å². The molecule has 96 valence electrons. The highest BCUT2D eigenvalue weighted by molar-refractivity contribution is 5.19. The van der Waals surface area contributed by atoms with Crippen molar-refractivity contribution in [1.29, 1.82) is 0 Å². The number of aromatic nitrogens is 2. The summed E-state index contributed by atoms with van der Waals surface area (Å²) in [6, 6.07) is 9.73. The minimum absolute atomic E-state index is 0.331. The molecule has 1 aromatic heterocycles. The van der Waals surface area contributed by atoms with E-state index < -0.39 is 6.10 Å². The first kappa shape index (κ1) is 12.8. The van der Waals surface area contributed by atoms with Gasteiger partial charge in [-0.3, -0.25) is 0 Å². The lowest BCUT2D eigenvalue weighted by Crippen LogP contribution is -2.24. The Morgan fingerprint density at radius 1 is 1.33 bits per heavy atom. The summed E-state index contributed by atoms with van der Waals surface area (Å²) >= 11 is 0. The number of methoxy groups -OCH3 is 1. The van der Waals surface area contributed by atoms with Crippen LogP contribution in [0, 0.1) is 0 Å². The normalized spacial score (nSPS) is 14.4. The molecule has 0 aliphatic heterocycles. The highest BCUT2D eigenvalue weighted by atomic mass is 16.5. The lowest BCUT2D eigenvalue weighted by Gasteiger charge is -2.21. The molecule has 4 nitrogen and oxygen atoms in total. The minimum Gasteiger partial charge on any atom is -0.390 e. The van der Waals surface area contributed by atoms with Crippen LogP contribution >= 0.6 is 0 Å². The summed E-state index contributed by atoms with van der Waals surface area (Å²) in [6.07, 6.45) is 3.12. The lowest BCUT2D eigenvalue weighted by atomic mass is 10.0. The van der Waals surface area contributed by atoms with Gasteiger partial charge in [-0.15, -0.1) is 0 Å². The molecule has 0 fully saturated rings. The lowest BCUT2D eigenvalue weighted by molar-refractivity contribution is -0.0140. The first-order valence-electron chi connectivity index (χ1n) is 5.94. The summed E-state index contributed by atoms with van der Waals surface area (Å²) in [5, 5.41) is 10.3. The van der Waals surface area contributed by atoms with Crippen molar-refractivity contribution in [2.45, 2.75) is 18.6 Å². The number of aryl methyl sites for hydroxylation is 1. The summed E-state index contributed by atoms with van der Waals surface area (Å²) in [5.41, 5.74) is 0.974. The van der Waals surface area contributed by atoms with Gasteiger partial charge in [0.15, 0.2) is 0 Å². The Hall–Kier alpha value is -1.65. The molecule has 2 aromatic rings. The average molecular weight is 246 g/mol. The quantitative estimate of drug-likeness (QED) is 0.873. The van der Waals surface area contributed by atoms with Crippen molar-refractivity contribution in [3.05, 3.63) is 54.1 Å². The first-order valence-corrected chi connectivity index (χ1v) is 5.94. The summed E-state index contributed by atoms with van der Waals surface area (Å²) in [7, 11) is 3.53. The van der Waals surface area contributed by atoms with Crippen molar-refractivity contribution in [3.8, 4) is 0 Å². The molecule has 0 bridgehead atoms. The third-order valence-electron chi connectivity index (χ3n) is 3.04. The zero-order valence-electron chi connectivity index (χ0n) is 10.7. The largest absolute Gasteiger partial charge is 0.390 e. The van der Waals surface area contributed by atoms with Gasteiger partial charge >= 0.3 is 0 Å².